The van der Waals surface area contributed by atoms with Crippen LogP contribution in [0.4, 0.5) is 0 Å². The van der Waals surface area contributed by atoms with Crippen LogP contribution in [-0.2, 0) is 10.0 Å². The van der Waals surface area contributed by atoms with Gasteiger partial charge in [0.2, 0.25) is 10.0 Å². The van der Waals surface area contributed by atoms with E-state index < -0.39 is 14.8 Å². The number of hydrogen-bond acceptors (Lipinski definition) is 3. The molecule has 0 aromatic rings. The average Bonchev–Trinajstić information content (AvgIpc) is 1.84. The number of nitrogens with zero attached hydrogens (tertiary/aromatic N) is 1. The lowest BCUT2D eigenvalue weighted by Gasteiger charge is -2.35. The van der Waals surface area contributed by atoms with Crippen LogP contribution in [-0.4, -0.2) is 37.7 Å². The van der Waals surface area contributed by atoms with Crippen molar-refractivity contribution in [2.45, 2.75) is 18.6 Å². The van der Waals surface area contributed by atoms with E-state index in [1.165, 1.54) is 4.31 Å². The van der Waals surface area contributed by atoms with Crippen molar-refractivity contribution in [3.63, 3.8) is 0 Å². The molecule has 0 amide bonds. The van der Waals surface area contributed by atoms with Crippen LogP contribution in [0, 0.1) is 0 Å². The summed E-state index contributed by atoms with van der Waals surface area (Å²) >= 11 is 0. The van der Waals surface area contributed by atoms with E-state index in [0.29, 0.717) is 13.2 Å². The topological polar surface area (TPSA) is 49.4 Å². The van der Waals surface area contributed by atoms with E-state index in [9.17, 15) is 8.42 Å². The zero-order valence-corrected chi connectivity index (χ0v) is 7.90. The van der Waals surface area contributed by atoms with Crippen LogP contribution < -0.4 is 5.32 Å². The highest BCUT2D eigenvalue weighted by atomic mass is 32.2. The summed E-state index contributed by atoms with van der Waals surface area (Å²) in [6, 6.07) is 0. The SMILES string of the molecule is CN1CNCC(C)(C)S1(=O)=O. The number of hydrogen-bond donors (Lipinski definition) is 1. The Morgan fingerprint density at radius 1 is 1.45 bits per heavy atom. The Bertz CT molecular complexity index is 245. The summed E-state index contributed by atoms with van der Waals surface area (Å²) in [7, 11) is -1.48. The lowest BCUT2D eigenvalue weighted by Crippen LogP contribution is -2.57. The van der Waals surface area contributed by atoms with E-state index in [4.69, 9.17) is 0 Å². The third-order valence-corrected chi connectivity index (χ3v) is 4.48. The zero-order valence-electron chi connectivity index (χ0n) is 7.09. The van der Waals surface area contributed by atoms with Gasteiger partial charge < -0.3 is 5.32 Å². The Kier molecular flexibility index (Phi) is 1.98. The molecule has 0 unspecified atom stereocenters. The van der Waals surface area contributed by atoms with E-state index in [1.807, 2.05) is 0 Å². The van der Waals surface area contributed by atoms with Crippen LogP contribution >= 0.6 is 0 Å². The molecular formula is C6H14N2O2S. The Hall–Kier alpha value is -0.130. The summed E-state index contributed by atoms with van der Waals surface area (Å²) in [5.41, 5.74) is 0. The van der Waals surface area contributed by atoms with Crippen molar-refractivity contribution in [1.29, 1.82) is 0 Å². The fourth-order valence-corrected chi connectivity index (χ4v) is 2.50. The molecule has 1 aliphatic rings. The smallest absolute Gasteiger partial charge is 0.221 e. The first kappa shape index (κ1) is 8.96. The monoisotopic (exact) mass is 178 g/mol. The van der Waals surface area contributed by atoms with E-state index in [2.05, 4.69) is 5.32 Å². The van der Waals surface area contributed by atoms with Gasteiger partial charge in [-0.05, 0) is 13.8 Å². The van der Waals surface area contributed by atoms with Crippen LogP contribution in [0.15, 0.2) is 0 Å². The summed E-state index contributed by atoms with van der Waals surface area (Å²) in [6.07, 6.45) is 0. The Morgan fingerprint density at radius 2 is 2.00 bits per heavy atom. The molecule has 1 N–H and O–H groups in total. The van der Waals surface area contributed by atoms with Crippen molar-refractivity contribution in [3.05, 3.63) is 0 Å². The molecule has 1 rings (SSSR count). The van der Waals surface area contributed by atoms with Crippen molar-refractivity contribution in [2.24, 2.45) is 0 Å². The quantitative estimate of drug-likeness (QED) is 0.548. The predicted molar refractivity (Wildman–Crippen MR) is 43.6 cm³/mol. The van der Waals surface area contributed by atoms with Crippen molar-refractivity contribution < 1.29 is 8.42 Å². The third-order valence-electron chi connectivity index (χ3n) is 1.99. The number of nitrogens with one attached hydrogen (secondary N) is 1. The standard InChI is InChI=1S/C6H14N2O2S/c1-6(2)4-7-5-8(3)11(6,9)10/h7H,4-5H2,1-3H3. The molecule has 11 heavy (non-hydrogen) atoms. The number of sulfonamides is 1. The maximum atomic E-state index is 11.5. The van der Waals surface area contributed by atoms with Crippen LogP contribution in [0.2, 0.25) is 0 Å². The third kappa shape index (κ3) is 1.28. The van der Waals surface area contributed by atoms with Gasteiger partial charge in [-0.25, -0.2) is 8.42 Å². The molecule has 0 spiro atoms. The fourth-order valence-electron chi connectivity index (χ4n) is 1.11. The molecule has 4 nitrogen and oxygen atoms in total. The molecule has 1 saturated heterocycles. The van der Waals surface area contributed by atoms with E-state index in [0.717, 1.165) is 0 Å². The summed E-state index contributed by atoms with van der Waals surface area (Å²) in [6.45, 7) is 4.40. The van der Waals surface area contributed by atoms with Crippen LogP contribution in [0.1, 0.15) is 13.8 Å². The molecule has 0 radical (unpaired) electrons. The summed E-state index contributed by atoms with van der Waals surface area (Å²) in [5, 5.41) is 3.03. The highest BCUT2D eigenvalue weighted by Crippen LogP contribution is 2.21. The molecule has 66 valence electrons. The summed E-state index contributed by atoms with van der Waals surface area (Å²) in [4.78, 5) is 0. The molecule has 0 saturated carbocycles. The van der Waals surface area contributed by atoms with Gasteiger partial charge in [-0.3, -0.25) is 0 Å². The number of rotatable bonds is 0. The van der Waals surface area contributed by atoms with Gasteiger partial charge >= 0.3 is 0 Å². The predicted octanol–water partition coefficient (Wildman–Crippen LogP) is -0.413. The van der Waals surface area contributed by atoms with Crippen LogP contribution in [0.25, 0.3) is 0 Å². The Morgan fingerprint density at radius 3 is 2.36 bits per heavy atom. The van der Waals surface area contributed by atoms with Gasteiger partial charge in [0.25, 0.3) is 0 Å². The molecule has 0 bridgehead atoms. The van der Waals surface area contributed by atoms with Crippen LogP contribution in [0.5, 0.6) is 0 Å². The lowest BCUT2D eigenvalue weighted by molar-refractivity contribution is 0.360. The minimum absolute atomic E-state index is 0.422. The zero-order chi connectivity index (χ0) is 8.70. The molecule has 1 fully saturated rings. The van der Waals surface area contributed by atoms with Crippen molar-refractivity contribution >= 4 is 10.0 Å². The maximum absolute atomic E-state index is 11.5. The Balaban J connectivity index is 3.02. The van der Waals surface area contributed by atoms with Gasteiger partial charge in [-0.1, -0.05) is 0 Å². The molecule has 5 heteroatoms. The van der Waals surface area contributed by atoms with Gasteiger partial charge in [0.05, 0.1) is 11.4 Å². The van der Waals surface area contributed by atoms with E-state index >= 15 is 0 Å². The first-order valence-corrected chi connectivity index (χ1v) is 4.98. The molecule has 0 aromatic carbocycles. The average molecular weight is 178 g/mol. The molecule has 0 aliphatic carbocycles. The second-order valence-corrected chi connectivity index (χ2v) is 6.13. The molecule has 1 aliphatic heterocycles. The molecule has 0 atom stereocenters. The Labute approximate surface area is 67.6 Å². The summed E-state index contributed by atoms with van der Waals surface area (Å²) in [5.74, 6) is 0. The maximum Gasteiger partial charge on any atom is 0.221 e. The molecular weight excluding hydrogens is 164 g/mol. The normalized spacial score (nSPS) is 30.1. The van der Waals surface area contributed by atoms with Crippen LogP contribution in [0.3, 0.4) is 0 Å². The second-order valence-electron chi connectivity index (χ2n) is 3.45. The minimum Gasteiger partial charge on any atom is -0.302 e. The van der Waals surface area contributed by atoms with Gasteiger partial charge in [0.15, 0.2) is 0 Å². The van der Waals surface area contributed by atoms with Gasteiger partial charge in [0.1, 0.15) is 0 Å². The van der Waals surface area contributed by atoms with Crippen molar-refractivity contribution in [1.82, 2.24) is 9.62 Å². The van der Waals surface area contributed by atoms with Gasteiger partial charge in [-0.2, -0.15) is 4.31 Å². The first-order valence-electron chi connectivity index (χ1n) is 3.54. The summed E-state index contributed by atoms with van der Waals surface area (Å²) < 4.78 is 23.7. The van der Waals surface area contributed by atoms with Gasteiger partial charge in [-0.15, -0.1) is 0 Å². The highest BCUT2D eigenvalue weighted by molar-refractivity contribution is 7.90. The molecule has 1 heterocycles. The molecule has 0 aromatic heterocycles. The largest absolute Gasteiger partial charge is 0.302 e. The van der Waals surface area contributed by atoms with E-state index in [1.54, 1.807) is 20.9 Å². The van der Waals surface area contributed by atoms with Crippen molar-refractivity contribution in [3.8, 4) is 0 Å². The van der Waals surface area contributed by atoms with Crippen molar-refractivity contribution in [2.75, 3.05) is 20.3 Å². The highest BCUT2D eigenvalue weighted by Gasteiger charge is 2.40. The first-order chi connectivity index (χ1) is 4.88. The van der Waals surface area contributed by atoms with E-state index in [-0.39, 0.29) is 0 Å². The minimum atomic E-state index is -3.07. The van der Waals surface area contributed by atoms with Gasteiger partial charge in [0, 0.05) is 13.6 Å². The lowest BCUT2D eigenvalue weighted by atomic mass is 10.2. The fraction of sp³-hybridized carbons (Fsp3) is 1.00. The second kappa shape index (κ2) is 2.43.